The molecule has 0 aliphatic rings. The number of ether oxygens (including phenoxy) is 2. The van der Waals surface area contributed by atoms with Crippen molar-refractivity contribution in [2.45, 2.75) is 161 Å². The Morgan fingerprint density at radius 1 is 0.617 bits per heavy atom. The summed E-state index contributed by atoms with van der Waals surface area (Å²) in [5.74, 6) is -0.777. The van der Waals surface area contributed by atoms with Crippen molar-refractivity contribution in [3.8, 4) is 0 Å². The summed E-state index contributed by atoms with van der Waals surface area (Å²) >= 11 is 0. The number of rotatable bonds is 32. The van der Waals surface area contributed by atoms with Gasteiger partial charge in [0.1, 0.15) is 6.61 Å². The van der Waals surface area contributed by atoms with Gasteiger partial charge in [-0.25, -0.2) is 0 Å². The highest BCUT2D eigenvalue weighted by Gasteiger charge is 2.15. The van der Waals surface area contributed by atoms with E-state index in [1.165, 1.54) is 64.2 Å². The number of esters is 2. The molecule has 1 unspecified atom stereocenters. The third kappa shape index (κ3) is 34.5. The van der Waals surface area contributed by atoms with Gasteiger partial charge >= 0.3 is 11.9 Å². The Balaban J connectivity index is 3.83. The first-order valence-corrected chi connectivity index (χ1v) is 18.6. The molecule has 2 N–H and O–H groups in total. The van der Waals surface area contributed by atoms with Gasteiger partial charge in [0, 0.05) is 12.8 Å². The normalized spacial score (nSPS) is 13.7. The minimum atomic E-state index is -0.837. The molecule has 2 atom stereocenters. The average molecular weight is 657 g/mol. The second kappa shape index (κ2) is 36.1. The lowest BCUT2D eigenvalue weighted by Crippen LogP contribution is -2.28. The number of unbranched alkanes of at least 4 members (excludes halogenated alkanes) is 12. The van der Waals surface area contributed by atoms with Crippen molar-refractivity contribution in [3.05, 3.63) is 72.9 Å². The van der Waals surface area contributed by atoms with Crippen LogP contribution in [0, 0.1) is 0 Å². The molecule has 6 heteroatoms. The first-order chi connectivity index (χ1) is 23.0. The summed E-state index contributed by atoms with van der Waals surface area (Å²) in [4.78, 5) is 24.2. The molecule has 6 nitrogen and oxygen atoms in total. The third-order valence-corrected chi connectivity index (χ3v) is 7.61. The van der Waals surface area contributed by atoms with Gasteiger partial charge in [0.05, 0.1) is 12.7 Å². The standard InChI is InChI=1S/C41H68O6/c1-3-5-7-9-11-13-15-17-19-21-23-25-28-32-38(43)33-29-27-31-34-40(44)46-37-39(36-42)47-41(45)35-30-26-24-22-20-18-16-14-12-10-8-6-4-2/h5,7,11,13,17,19,23,25,27-29,32,38-39,42-43H,3-4,6,8-10,12,14-16,18,20-22,24,26,30-31,33-37H2,1-2H3/b7-5-,13-11-,19-17-,25-23-,29-27-,32-28-/t38?,39-/m0/s1. The van der Waals surface area contributed by atoms with Crippen molar-refractivity contribution in [3.63, 3.8) is 0 Å². The zero-order valence-electron chi connectivity index (χ0n) is 29.9. The second-order valence-corrected chi connectivity index (χ2v) is 12.1. The Labute approximate surface area is 287 Å². The number of carbonyl (C=O) groups is 2. The van der Waals surface area contributed by atoms with Gasteiger partial charge in [0.2, 0.25) is 0 Å². The summed E-state index contributed by atoms with van der Waals surface area (Å²) < 4.78 is 10.5. The van der Waals surface area contributed by atoms with E-state index in [1.54, 1.807) is 6.08 Å². The first kappa shape index (κ1) is 44.3. The van der Waals surface area contributed by atoms with Gasteiger partial charge in [0.15, 0.2) is 6.10 Å². The van der Waals surface area contributed by atoms with E-state index in [1.807, 2.05) is 30.4 Å². The van der Waals surface area contributed by atoms with Crippen LogP contribution in [0.2, 0.25) is 0 Å². The highest BCUT2D eigenvalue weighted by Crippen LogP contribution is 2.13. The van der Waals surface area contributed by atoms with E-state index in [9.17, 15) is 19.8 Å². The second-order valence-electron chi connectivity index (χ2n) is 12.1. The molecule has 0 rings (SSSR count). The van der Waals surface area contributed by atoms with Crippen LogP contribution in [0.1, 0.15) is 149 Å². The predicted octanol–water partition coefficient (Wildman–Crippen LogP) is 10.4. The van der Waals surface area contributed by atoms with Crippen LogP contribution < -0.4 is 0 Å². The van der Waals surface area contributed by atoms with Crippen molar-refractivity contribution in [2.24, 2.45) is 0 Å². The number of aliphatic hydroxyl groups excluding tert-OH is 2. The molecule has 0 aliphatic carbocycles. The van der Waals surface area contributed by atoms with Crippen LogP contribution in [-0.2, 0) is 19.1 Å². The molecule has 0 saturated heterocycles. The Kier molecular flexibility index (Phi) is 34.1. The maximum Gasteiger partial charge on any atom is 0.306 e. The zero-order valence-corrected chi connectivity index (χ0v) is 29.9. The fourth-order valence-electron chi connectivity index (χ4n) is 4.78. The SMILES string of the molecule is CC/C=C\C/C=C\C/C=C\C/C=C\C=C/C(O)C/C=C\CCC(=O)OC[C@H](CO)OC(=O)CCCCCCCCCCCCCCC. The topological polar surface area (TPSA) is 93.1 Å². The molecule has 0 spiro atoms. The third-order valence-electron chi connectivity index (χ3n) is 7.61. The summed E-state index contributed by atoms with van der Waals surface area (Å²) in [7, 11) is 0. The predicted molar refractivity (Wildman–Crippen MR) is 197 cm³/mol. The van der Waals surface area contributed by atoms with Gasteiger partial charge in [-0.1, -0.05) is 164 Å². The summed E-state index contributed by atoms with van der Waals surface area (Å²) in [5.41, 5.74) is 0. The number of aliphatic hydroxyl groups is 2. The van der Waals surface area contributed by atoms with Crippen LogP contribution in [0.25, 0.3) is 0 Å². The van der Waals surface area contributed by atoms with Crippen LogP contribution in [0.4, 0.5) is 0 Å². The minimum Gasteiger partial charge on any atom is -0.462 e. The molecule has 0 aromatic carbocycles. The molecule has 0 aliphatic heterocycles. The number of allylic oxidation sites excluding steroid dienone is 10. The lowest BCUT2D eigenvalue weighted by Gasteiger charge is -2.15. The number of carbonyl (C=O) groups excluding carboxylic acids is 2. The average Bonchev–Trinajstić information content (AvgIpc) is 3.07. The van der Waals surface area contributed by atoms with E-state index < -0.39 is 18.2 Å². The Hall–Kier alpha value is -2.70. The van der Waals surface area contributed by atoms with Crippen LogP contribution in [0.3, 0.4) is 0 Å². The lowest BCUT2D eigenvalue weighted by molar-refractivity contribution is -0.161. The summed E-state index contributed by atoms with van der Waals surface area (Å²) in [5, 5.41) is 19.6. The largest absolute Gasteiger partial charge is 0.462 e. The summed E-state index contributed by atoms with van der Waals surface area (Å²) in [6.07, 6.45) is 44.2. The molecule has 47 heavy (non-hydrogen) atoms. The first-order valence-electron chi connectivity index (χ1n) is 18.6. The molecular formula is C41H68O6. The molecule has 268 valence electrons. The highest BCUT2D eigenvalue weighted by atomic mass is 16.6. The Morgan fingerprint density at radius 2 is 1.17 bits per heavy atom. The monoisotopic (exact) mass is 657 g/mol. The summed E-state index contributed by atoms with van der Waals surface area (Å²) in [6, 6.07) is 0. The van der Waals surface area contributed by atoms with Crippen molar-refractivity contribution < 1.29 is 29.3 Å². The van der Waals surface area contributed by atoms with Crippen LogP contribution in [0.15, 0.2) is 72.9 Å². The highest BCUT2D eigenvalue weighted by molar-refractivity contribution is 5.70. The van der Waals surface area contributed by atoms with Gasteiger partial charge in [-0.05, 0) is 44.9 Å². The zero-order chi connectivity index (χ0) is 34.5. The molecule has 0 aromatic rings. The fraction of sp³-hybridized carbons (Fsp3) is 0.659. The van der Waals surface area contributed by atoms with Crippen molar-refractivity contribution in [1.29, 1.82) is 0 Å². The molecule has 0 heterocycles. The quantitative estimate of drug-likeness (QED) is 0.0324. The van der Waals surface area contributed by atoms with Gasteiger partial charge in [0.25, 0.3) is 0 Å². The molecule has 0 saturated carbocycles. The van der Waals surface area contributed by atoms with Crippen molar-refractivity contribution in [2.75, 3.05) is 13.2 Å². The molecule has 0 amide bonds. The van der Waals surface area contributed by atoms with E-state index in [-0.39, 0.29) is 25.6 Å². The number of hydrogen-bond donors (Lipinski definition) is 2. The Morgan fingerprint density at radius 3 is 1.74 bits per heavy atom. The molecule has 0 radical (unpaired) electrons. The van der Waals surface area contributed by atoms with E-state index in [0.29, 0.717) is 19.3 Å². The fourth-order valence-corrected chi connectivity index (χ4v) is 4.78. The Bertz CT molecular complexity index is 898. The van der Waals surface area contributed by atoms with Crippen molar-refractivity contribution >= 4 is 11.9 Å². The number of hydrogen-bond acceptors (Lipinski definition) is 6. The van der Waals surface area contributed by atoms with Crippen LogP contribution >= 0.6 is 0 Å². The smallest absolute Gasteiger partial charge is 0.306 e. The minimum absolute atomic E-state index is 0.149. The lowest BCUT2D eigenvalue weighted by atomic mass is 10.0. The van der Waals surface area contributed by atoms with E-state index >= 15 is 0 Å². The molecule has 0 fully saturated rings. The van der Waals surface area contributed by atoms with Crippen molar-refractivity contribution in [1.82, 2.24) is 0 Å². The van der Waals surface area contributed by atoms with E-state index in [4.69, 9.17) is 9.47 Å². The molecule has 0 aromatic heterocycles. The summed E-state index contributed by atoms with van der Waals surface area (Å²) in [6.45, 7) is 3.85. The molecule has 0 bridgehead atoms. The van der Waals surface area contributed by atoms with E-state index in [0.717, 1.165) is 44.9 Å². The van der Waals surface area contributed by atoms with Crippen LogP contribution in [0.5, 0.6) is 0 Å². The van der Waals surface area contributed by atoms with Gasteiger partial charge < -0.3 is 19.7 Å². The maximum absolute atomic E-state index is 12.1. The van der Waals surface area contributed by atoms with Gasteiger partial charge in [-0.2, -0.15) is 0 Å². The van der Waals surface area contributed by atoms with Gasteiger partial charge in [-0.15, -0.1) is 0 Å². The molecular weight excluding hydrogens is 588 g/mol. The maximum atomic E-state index is 12.1. The van der Waals surface area contributed by atoms with E-state index in [2.05, 4.69) is 50.3 Å². The van der Waals surface area contributed by atoms with Gasteiger partial charge in [-0.3, -0.25) is 9.59 Å². The van der Waals surface area contributed by atoms with Crippen LogP contribution in [-0.4, -0.2) is 47.6 Å².